The first-order chi connectivity index (χ1) is 11.6. The molecule has 3 rings (SSSR count). The number of nitrogens with zero attached hydrogens (tertiary/aromatic N) is 1. The number of benzene rings is 2. The SMILES string of the molecule is CNC(=O)c1ccc(/C=C/C(=O)N2CCc3ccc(C)cc32)cc1. The van der Waals surface area contributed by atoms with E-state index in [9.17, 15) is 9.59 Å². The highest BCUT2D eigenvalue weighted by molar-refractivity contribution is 6.05. The van der Waals surface area contributed by atoms with Gasteiger partial charge in [0.1, 0.15) is 0 Å². The predicted molar refractivity (Wildman–Crippen MR) is 96.1 cm³/mol. The maximum absolute atomic E-state index is 12.5. The molecule has 1 heterocycles. The zero-order chi connectivity index (χ0) is 17.1. The second kappa shape index (κ2) is 6.71. The van der Waals surface area contributed by atoms with Gasteiger partial charge in [-0.1, -0.05) is 24.3 Å². The van der Waals surface area contributed by atoms with Gasteiger partial charge in [-0.3, -0.25) is 9.59 Å². The van der Waals surface area contributed by atoms with Crippen molar-refractivity contribution in [1.29, 1.82) is 0 Å². The molecule has 122 valence electrons. The van der Waals surface area contributed by atoms with Gasteiger partial charge in [0.25, 0.3) is 11.8 Å². The van der Waals surface area contributed by atoms with Gasteiger partial charge in [0.05, 0.1) is 0 Å². The van der Waals surface area contributed by atoms with E-state index < -0.39 is 0 Å². The molecule has 0 aliphatic carbocycles. The van der Waals surface area contributed by atoms with Gasteiger partial charge >= 0.3 is 0 Å². The Hall–Kier alpha value is -2.88. The van der Waals surface area contributed by atoms with Crippen molar-refractivity contribution in [1.82, 2.24) is 5.32 Å². The number of nitrogens with one attached hydrogen (secondary N) is 1. The number of aryl methyl sites for hydroxylation is 1. The topological polar surface area (TPSA) is 49.4 Å². The Morgan fingerprint density at radius 3 is 2.58 bits per heavy atom. The zero-order valence-electron chi connectivity index (χ0n) is 13.9. The summed E-state index contributed by atoms with van der Waals surface area (Å²) < 4.78 is 0. The van der Waals surface area contributed by atoms with Gasteiger partial charge < -0.3 is 10.2 Å². The van der Waals surface area contributed by atoms with Crippen molar-refractivity contribution in [3.63, 3.8) is 0 Å². The number of carbonyl (C=O) groups excluding carboxylic acids is 2. The number of carbonyl (C=O) groups is 2. The molecule has 0 aromatic heterocycles. The summed E-state index contributed by atoms with van der Waals surface area (Å²) in [5.41, 5.74) is 4.88. The van der Waals surface area contributed by atoms with Crippen LogP contribution in [0.2, 0.25) is 0 Å². The first-order valence-corrected chi connectivity index (χ1v) is 8.00. The smallest absolute Gasteiger partial charge is 0.251 e. The third-order valence-corrected chi connectivity index (χ3v) is 4.22. The number of hydrogen-bond donors (Lipinski definition) is 1. The van der Waals surface area contributed by atoms with Crippen LogP contribution in [-0.4, -0.2) is 25.4 Å². The van der Waals surface area contributed by atoms with Crippen LogP contribution in [0.15, 0.2) is 48.5 Å². The molecular weight excluding hydrogens is 300 g/mol. The van der Waals surface area contributed by atoms with Crippen LogP contribution in [0.5, 0.6) is 0 Å². The molecular formula is C20H20N2O2. The molecule has 2 aromatic carbocycles. The molecule has 0 fully saturated rings. The molecule has 4 nitrogen and oxygen atoms in total. The van der Waals surface area contributed by atoms with Crippen LogP contribution in [0.4, 0.5) is 5.69 Å². The molecule has 0 saturated carbocycles. The van der Waals surface area contributed by atoms with Crippen molar-refractivity contribution in [2.45, 2.75) is 13.3 Å². The molecule has 0 spiro atoms. The number of fused-ring (bicyclic) bond motifs is 1. The summed E-state index contributed by atoms with van der Waals surface area (Å²) >= 11 is 0. The van der Waals surface area contributed by atoms with Gasteiger partial charge in [-0.15, -0.1) is 0 Å². The monoisotopic (exact) mass is 320 g/mol. The van der Waals surface area contributed by atoms with Crippen LogP contribution in [0.25, 0.3) is 6.08 Å². The number of rotatable bonds is 3. The first kappa shape index (κ1) is 16.0. The molecule has 4 heteroatoms. The molecule has 0 unspecified atom stereocenters. The third kappa shape index (κ3) is 3.23. The molecule has 0 radical (unpaired) electrons. The Labute approximate surface area is 141 Å². The Morgan fingerprint density at radius 2 is 1.88 bits per heavy atom. The molecule has 1 aliphatic rings. The van der Waals surface area contributed by atoms with Gasteiger partial charge in [0.2, 0.25) is 0 Å². The van der Waals surface area contributed by atoms with Gasteiger partial charge in [-0.25, -0.2) is 0 Å². The molecule has 0 saturated heterocycles. The van der Waals surface area contributed by atoms with Crippen molar-refractivity contribution >= 4 is 23.6 Å². The minimum absolute atomic E-state index is 0.0188. The summed E-state index contributed by atoms with van der Waals surface area (Å²) in [6.07, 6.45) is 4.27. The van der Waals surface area contributed by atoms with E-state index in [-0.39, 0.29) is 11.8 Å². The summed E-state index contributed by atoms with van der Waals surface area (Å²) in [4.78, 5) is 25.8. The fourth-order valence-electron chi connectivity index (χ4n) is 2.87. The molecule has 2 aromatic rings. The zero-order valence-corrected chi connectivity index (χ0v) is 13.9. The Kier molecular flexibility index (Phi) is 4.47. The fraction of sp³-hybridized carbons (Fsp3) is 0.200. The van der Waals surface area contributed by atoms with E-state index in [1.165, 1.54) is 5.56 Å². The number of anilines is 1. The molecule has 2 amide bonds. The maximum Gasteiger partial charge on any atom is 0.251 e. The van der Waals surface area contributed by atoms with Crippen molar-refractivity contribution in [2.75, 3.05) is 18.5 Å². The van der Waals surface area contributed by atoms with Crippen molar-refractivity contribution in [3.05, 3.63) is 70.8 Å². The minimum atomic E-state index is -0.120. The average Bonchev–Trinajstić information content (AvgIpc) is 3.02. The molecule has 0 atom stereocenters. The van der Waals surface area contributed by atoms with E-state index in [1.807, 2.05) is 24.0 Å². The van der Waals surface area contributed by atoms with Crippen molar-refractivity contribution in [3.8, 4) is 0 Å². The molecule has 0 bridgehead atoms. The maximum atomic E-state index is 12.5. The second-order valence-electron chi connectivity index (χ2n) is 5.91. The second-order valence-corrected chi connectivity index (χ2v) is 5.91. The summed E-state index contributed by atoms with van der Waals surface area (Å²) in [6, 6.07) is 13.4. The predicted octanol–water partition coefficient (Wildman–Crippen LogP) is 2.96. The summed E-state index contributed by atoms with van der Waals surface area (Å²) in [5, 5.41) is 2.58. The molecule has 24 heavy (non-hydrogen) atoms. The van der Waals surface area contributed by atoms with Crippen LogP contribution in [-0.2, 0) is 11.2 Å². The minimum Gasteiger partial charge on any atom is -0.355 e. The largest absolute Gasteiger partial charge is 0.355 e. The van der Waals surface area contributed by atoms with E-state index in [4.69, 9.17) is 0 Å². The normalized spacial score (nSPS) is 13.2. The van der Waals surface area contributed by atoms with E-state index in [0.717, 1.165) is 29.8 Å². The van der Waals surface area contributed by atoms with Gasteiger partial charge in [-0.2, -0.15) is 0 Å². The lowest BCUT2D eigenvalue weighted by Gasteiger charge is -2.15. The standard InChI is InChI=1S/C20H20N2O2/c1-14-3-7-16-11-12-22(18(16)13-14)19(23)10-6-15-4-8-17(9-5-15)20(24)21-2/h3-10,13H,11-12H2,1-2H3,(H,21,24)/b10-6+. The third-order valence-electron chi connectivity index (χ3n) is 4.22. The van der Waals surface area contributed by atoms with Gasteiger partial charge in [-0.05, 0) is 54.3 Å². The average molecular weight is 320 g/mol. The van der Waals surface area contributed by atoms with Gasteiger partial charge in [0, 0.05) is 30.9 Å². The van der Waals surface area contributed by atoms with E-state index in [1.54, 1.807) is 31.3 Å². The Balaban J connectivity index is 1.73. The highest BCUT2D eigenvalue weighted by atomic mass is 16.2. The Bertz CT molecular complexity index is 807. The van der Waals surface area contributed by atoms with Gasteiger partial charge in [0.15, 0.2) is 0 Å². The summed E-state index contributed by atoms with van der Waals surface area (Å²) in [6.45, 7) is 2.75. The lowest BCUT2D eigenvalue weighted by atomic mass is 10.1. The fourth-order valence-corrected chi connectivity index (χ4v) is 2.87. The number of amides is 2. The van der Waals surface area contributed by atoms with Crippen LogP contribution in [0.3, 0.4) is 0 Å². The van der Waals surface area contributed by atoms with E-state index >= 15 is 0 Å². The highest BCUT2D eigenvalue weighted by Crippen LogP contribution is 2.29. The number of hydrogen-bond acceptors (Lipinski definition) is 2. The van der Waals surface area contributed by atoms with Crippen LogP contribution >= 0.6 is 0 Å². The lowest BCUT2D eigenvalue weighted by Crippen LogP contribution is -2.26. The van der Waals surface area contributed by atoms with Crippen LogP contribution in [0, 0.1) is 6.92 Å². The molecule has 1 aliphatic heterocycles. The quantitative estimate of drug-likeness (QED) is 0.884. The first-order valence-electron chi connectivity index (χ1n) is 8.00. The lowest BCUT2D eigenvalue weighted by molar-refractivity contribution is -0.114. The van der Waals surface area contributed by atoms with E-state index in [2.05, 4.69) is 23.5 Å². The van der Waals surface area contributed by atoms with E-state index in [0.29, 0.717) is 5.56 Å². The van der Waals surface area contributed by atoms with Crippen LogP contribution in [0.1, 0.15) is 27.0 Å². The Morgan fingerprint density at radius 1 is 1.12 bits per heavy atom. The van der Waals surface area contributed by atoms with Crippen molar-refractivity contribution < 1.29 is 9.59 Å². The highest BCUT2D eigenvalue weighted by Gasteiger charge is 2.22. The summed E-state index contributed by atoms with van der Waals surface area (Å²) in [7, 11) is 1.60. The van der Waals surface area contributed by atoms with Crippen LogP contribution < -0.4 is 10.2 Å². The van der Waals surface area contributed by atoms with Crippen molar-refractivity contribution in [2.24, 2.45) is 0 Å². The summed E-state index contributed by atoms with van der Waals surface area (Å²) in [5.74, 6) is -0.139. The molecule has 1 N–H and O–H groups in total.